The summed E-state index contributed by atoms with van der Waals surface area (Å²) >= 11 is 0. The Morgan fingerprint density at radius 1 is 1.16 bits per heavy atom. The molecule has 1 saturated heterocycles. The van der Waals surface area contributed by atoms with Crippen LogP contribution in [-0.2, 0) is 23.9 Å². The average Bonchev–Trinajstić information content (AvgIpc) is 2.79. The summed E-state index contributed by atoms with van der Waals surface area (Å²) in [5.74, 6) is -1.38. The van der Waals surface area contributed by atoms with Gasteiger partial charge in [0, 0.05) is 32.2 Å². The molecule has 1 fully saturated rings. The van der Waals surface area contributed by atoms with E-state index in [2.05, 4.69) is 16.0 Å². The molecule has 174 valence electrons. The van der Waals surface area contributed by atoms with Gasteiger partial charge in [0.2, 0.25) is 18.2 Å². The van der Waals surface area contributed by atoms with Crippen LogP contribution in [0.1, 0.15) is 33.6 Å². The Morgan fingerprint density at radius 3 is 2.53 bits per heavy atom. The molecule has 1 heterocycles. The molecule has 0 aromatic heterocycles. The second-order valence-corrected chi connectivity index (χ2v) is 6.99. The number of nitrogens with one attached hydrogen (secondary N) is 3. The summed E-state index contributed by atoms with van der Waals surface area (Å²) in [7, 11) is 1.47. The number of imide groups is 1. The lowest BCUT2D eigenvalue weighted by Crippen LogP contribution is -2.53. The number of nitrogens with zero attached hydrogens (tertiary/aromatic N) is 1. The van der Waals surface area contributed by atoms with Gasteiger partial charge in [-0.3, -0.25) is 29.3 Å². The van der Waals surface area contributed by atoms with Crippen molar-refractivity contribution >= 4 is 36.1 Å². The highest BCUT2D eigenvalue weighted by Gasteiger charge is 2.33. The fraction of sp³-hybridized carbons (Fsp3) is 0.476. The minimum Gasteiger partial charge on any atom is -0.382 e. The van der Waals surface area contributed by atoms with Crippen molar-refractivity contribution in [2.75, 3.05) is 51.9 Å². The standard InChI is InChI=1S/C21H28N4O7/c1-25(18-5-6-19(28)24-20(18)29)21(30)15-3-2-4-17(16(15)13-26)23-8-10-32-12-11-31-9-7-22-14-27/h2-4,13-14,18,23H,5-12H2,1H3,(H,22,27)(H,24,28,29). The number of aldehydes is 1. The number of benzene rings is 1. The Kier molecular flexibility index (Phi) is 10.3. The van der Waals surface area contributed by atoms with Gasteiger partial charge in [-0.1, -0.05) is 6.07 Å². The number of hydrogen-bond acceptors (Lipinski definition) is 8. The van der Waals surface area contributed by atoms with Gasteiger partial charge in [-0.2, -0.15) is 0 Å². The zero-order chi connectivity index (χ0) is 23.3. The van der Waals surface area contributed by atoms with E-state index < -0.39 is 17.9 Å². The number of hydrogen-bond donors (Lipinski definition) is 3. The Morgan fingerprint density at radius 2 is 1.88 bits per heavy atom. The maximum Gasteiger partial charge on any atom is 0.255 e. The number of carbonyl (C=O) groups is 5. The lowest BCUT2D eigenvalue weighted by Gasteiger charge is -2.30. The van der Waals surface area contributed by atoms with Crippen LogP contribution in [0, 0.1) is 0 Å². The zero-order valence-corrected chi connectivity index (χ0v) is 17.9. The lowest BCUT2D eigenvalue weighted by molar-refractivity contribution is -0.136. The van der Waals surface area contributed by atoms with Crippen LogP contribution in [0.15, 0.2) is 18.2 Å². The topological polar surface area (TPSA) is 143 Å². The molecule has 0 radical (unpaired) electrons. The molecular weight excluding hydrogens is 420 g/mol. The van der Waals surface area contributed by atoms with E-state index in [4.69, 9.17) is 9.47 Å². The number of rotatable bonds is 14. The quantitative estimate of drug-likeness (QED) is 0.198. The largest absolute Gasteiger partial charge is 0.382 e. The number of likely N-dealkylation sites (N-methyl/N-ethyl adjacent to an activating group) is 1. The van der Waals surface area contributed by atoms with E-state index in [0.717, 1.165) is 0 Å². The van der Waals surface area contributed by atoms with Gasteiger partial charge in [-0.15, -0.1) is 0 Å². The predicted molar refractivity (Wildman–Crippen MR) is 114 cm³/mol. The molecule has 1 aromatic carbocycles. The SMILES string of the molecule is CN(C(=O)c1cccc(NCCOCCOCCNC=O)c1C=O)C1CCC(=O)NC1=O. The van der Waals surface area contributed by atoms with Crippen LogP contribution in [0.25, 0.3) is 0 Å². The molecule has 1 unspecified atom stereocenters. The summed E-state index contributed by atoms with van der Waals surface area (Å²) in [5, 5.41) is 7.78. The van der Waals surface area contributed by atoms with Crippen molar-refractivity contribution in [1.29, 1.82) is 0 Å². The second-order valence-electron chi connectivity index (χ2n) is 6.99. The number of ether oxygens (including phenoxy) is 2. The lowest BCUT2D eigenvalue weighted by atomic mass is 10.0. The van der Waals surface area contributed by atoms with Crippen LogP contribution < -0.4 is 16.0 Å². The normalized spacial score (nSPS) is 15.6. The van der Waals surface area contributed by atoms with Crippen molar-refractivity contribution in [3.05, 3.63) is 29.3 Å². The van der Waals surface area contributed by atoms with Crippen molar-refractivity contribution in [3.8, 4) is 0 Å². The fourth-order valence-electron chi connectivity index (χ4n) is 3.19. The summed E-state index contributed by atoms with van der Waals surface area (Å²) in [4.78, 5) is 59.4. The molecule has 0 bridgehead atoms. The van der Waals surface area contributed by atoms with Gasteiger partial charge >= 0.3 is 0 Å². The second kappa shape index (κ2) is 13.2. The van der Waals surface area contributed by atoms with E-state index in [1.54, 1.807) is 12.1 Å². The van der Waals surface area contributed by atoms with Crippen LogP contribution >= 0.6 is 0 Å². The molecule has 1 aromatic rings. The predicted octanol–water partition coefficient (Wildman–Crippen LogP) is -0.433. The van der Waals surface area contributed by atoms with Gasteiger partial charge in [0.05, 0.1) is 37.6 Å². The van der Waals surface area contributed by atoms with E-state index >= 15 is 0 Å². The summed E-state index contributed by atoms with van der Waals surface area (Å²) in [6.45, 7) is 2.34. The highest BCUT2D eigenvalue weighted by Crippen LogP contribution is 2.21. The first-order valence-electron chi connectivity index (χ1n) is 10.2. The van der Waals surface area contributed by atoms with Crippen LogP contribution in [0.3, 0.4) is 0 Å². The molecule has 3 N–H and O–H groups in total. The first-order valence-corrected chi connectivity index (χ1v) is 10.2. The number of amides is 4. The van der Waals surface area contributed by atoms with Crippen LogP contribution in [0.5, 0.6) is 0 Å². The fourth-order valence-corrected chi connectivity index (χ4v) is 3.19. The molecule has 4 amide bonds. The molecular formula is C21H28N4O7. The van der Waals surface area contributed by atoms with Crippen LogP contribution in [0.4, 0.5) is 5.69 Å². The van der Waals surface area contributed by atoms with Crippen LogP contribution in [-0.4, -0.2) is 87.9 Å². The molecule has 0 spiro atoms. The van der Waals surface area contributed by atoms with Crippen molar-refractivity contribution in [3.63, 3.8) is 0 Å². The number of piperidine rings is 1. The van der Waals surface area contributed by atoms with E-state index in [1.807, 2.05) is 0 Å². The highest BCUT2D eigenvalue weighted by molar-refractivity contribution is 6.07. The third-order valence-electron chi connectivity index (χ3n) is 4.86. The monoisotopic (exact) mass is 448 g/mol. The van der Waals surface area contributed by atoms with Crippen molar-refractivity contribution in [1.82, 2.24) is 15.5 Å². The maximum atomic E-state index is 13.0. The molecule has 2 rings (SSSR count). The molecule has 1 aliphatic rings. The van der Waals surface area contributed by atoms with Gasteiger partial charge < -0.3 is 25.0 Å². The molecule has 11 heteroatoms. The summed E-state index contributed by atoms with van der Waals surface area (Å²) in [6.07, 6.45) is 1.58. The van der Waals surface area contributed by atoms with Crippen LogP contribution in [0.2, 0.25) is 0 Å². The molecule has 11 nitrogen and oxygen atoms in total. The first kappa shape index (κ1) is 25.0. The zero-order valence-electron chi connectivity index (χ0n) is 17.9. The molecule has 1 atom stereocenters. The maximum absolute atomic E-state index is 13.0. The first-order chi connectivity index (χ1) is 15.5. The van der Waals surface area contributed by atoms with E-state index in [-0.39, 0.29) is 29.9 Å². The Hall–Kier alpha value is -3.31. The van der Waals surface area contributed by atoms with Crippen molar-refractivity contribution in [2.24, 2.45) is 0 Å². The molecule has 32 heavy (non-hydrogen) atoms. The Labute approximate surface area is 185 Å². The molecule has 1 aliphatic heterocycles. The average molecular weight is 448 g/mol. The van der Waals surface area contributed by atoms with Crippen molar-refractivity contribution < 1.29 is 33.4 Å². The smallest absolute Gasteiger partial charge is 0.255 e. The number of anilines is 1. The van der Waals surface area contributed by atoms with Crippen molar-refractivity contribution in [2.45, 2.75) is 18.9 Å². The summed E-state index contributed by atoms with van der Waals surface area (Å²) < 4.78 is 10.7. The van der Waals surface area contributed by atoms with E-state index in [9.17, 15) is 24.0 Å². The van der Waals surface area contributed by atoms with E-state index in [0.29, 0.717) is 57.9 Å². The summed E-state index contributed by atoms with van der Waals surface area (Å²) in [5.41, 5.74) is 0.820. The summed E-state index contributed by atoms with van der Waals surface area (Å²) in [6, 6.07) is 4.06. The third-order valence-corrected chi connectivity index (χ3v) is 4.86. The van der Waals surface area contributed by atoms with Gasteiger partial charge in [0.25, 0.3) is 5.91 Å². The minimum atomic E-state index is -0.777. The van der Waals surface area contributed by atoms with Gasteiger partial charge in [0.1, 0.15) is 6.04 Å². The Bertz CT molecular complexity index is 830. The third kappa shape index (κ3) is 7.13. The van der Waals surface area contributed by atoms with E-state index in [1.165, 1.54) is 18.0 Å². The van der Waals surface area contributed by atoms with Gasteiger partial charge in [0.15, 0.2) is 6.29 Å². The molecule has 0 aliphatic carbocycles. The highest BCUT2D eigenvalue weighted by atomic mass is 16.5. The van der Waals surface area contributed by atoms with Gasteiger partial charge in [-0.25, -0.2) is 0 Å². The van der Waals surface area contributed by atoms with Gasteiger partial charge in [-0.05, 0) is 18.6 Å². The number of carbonyl (C=O) groups excluding carboxylic acids is 5. The Balaban J connectivity index is 1.87. The minimum absolute atomic E-state index is 0.150. The molecule has 0 saturated carbocycles.